The Balaban J connectivity index is 2.30. The zero-order valence-corrected chi connectivity index (χ0v) is 12.7. The Labute approximate surface area is 131 Å². The smallest absolute Gasteiger partial charge is 0.421 e. The second-order valence-corrected chi connectivity index (χ2v) is 5.61. The summed E-state index contributed by atoms with van der Waals surface area (Å²) in [7, 11) is 0. The van der Waals surface area contributed by atoms with Gasteiger partial charge >= 0.3 is 6.09 Å². The van der Waals surface area contributed by atoms with Gasteiger partial charge in [0, 0.05) is 23.7 Å². The van der Waals surface area contributed by atoms with Crippen LogP contribution >= 0.6 is 0 Å². The average Bonchev–Trinajstić information content (AvgIpc) is 2.89. The number of ether oxygens (including phenoxy) is 1. The third-order valence-corrected chi connectivity index (χ3v) is 3.63. The van der Waals surface area contributed by atoms with Gasteiger partial charge in [-0.2, -0.15) is 0 Å². The molecule has 0 amide bonds. The molecule has 2 rings (SSSR count). The van der Waals surface area contributed by atoms with Gasteiger partial charge in [-0.05, 0) is 38.1 Å². The molecule has 1 atom stereocenters. The van der Waals surface area contributed by atoms with E-state index in [1.165, 1.54) is 32.2 Å². The van der Waals surface area contributed by atoms with Crippen molar-refractivity contribution in [3.63, 3.8) is 0 Å². The summed E-state index contributed by atoms with van der Waals surface area (Å²) in [5.41, 5.74) is -1.45. The molecule has 0 aliphatic rings. The molecule has 0 radical (unpaired) electrons. The molecule has 0 spiro atoms. The van der Waals surface area contributed by atoms with E-state index < -0.39 is 35.9 Å². The molecule has 1 aromatic heterocycles. The third-order valence-electron chi connectivity index (χ3n) is 3.63. The van der Waals surface area contributed by atoms with E-state index in [0.29, 0.717) is 0 Å². The van der Waals surface area contributed by atoms with Crippen molar-refractivity contribution in [2.24, 2.45) is 0 Å². The van der Waals surface area contributed by atoms with E-state index in [1.54, 1.807) is 0 Å². The number of hydrogen-bond acceptors (Lipinski definition) is 4. The number of rotatable bonds is 4. The van der Waals surface area contributed by atoms with Gasteiger partial charge < -0.3 is 14.9 Å². The summed E-state index contributed by atoms with van der Waals surface area (Å²) in [6.45, 7) is 2.38. The highest BCUT2D eigenvalue weighted by Gasteiger charge is 2.36. The van der Waals surface area contributed by atoms with Crippen LogP contribution in [-0.4, -0.2) is 33.1 Å². The van der Waals surface area contributed by atoms with Crippen LogP contribution in [-0.2, 0) is 4.74 Å². The molecular weight excluding hydrogens is 308 g/mol. The summed E-state index contributed by atoms with van der Waals surface area (Å²) in [6, 6.07) is 5.61. The minimum Gasteiger partial charge on any atom is -0.494 e. The van der Waals surface area contributed by atoms with Crippen molar-refractivity contribution >= 4 is 6.09 Å². The van der Waals surface area contributed by atoms with E-state index in [1.807, 2.05) is 0 Å². The average molecular weight is 325 g/mol. The van der Waals surface area contributed by atoms with Gasteiger partial charge in [0.2, 0.25) is 5.88 Å². The number of aliphatic hydroxyl groups is 1. The summed E-state index contributed by atoms with van der Waals surface area (Å²) < 4.78 is 33.5. The number of carbonyl (C=O) groups excluding carboxylic acids is 1. The Bertz CT molecular complexity index is 712. The Morgan fingerprint density at radius 2 is 2.04 bits per heavy atom. The van der Waals surface area contributed by atoms with E-state index in [-0.39, 0.29) is 11.4 Å². The minimum atomic E-state index is -1.35. The minimum absolute atomic E-state index is 0.0953. The molecule has 2 aromatic rings. The Morgan fingerprint density at radius 3 is 2.61 bits per heavy atom. The predicted octanol–water partition coefficient (Wildman–Crippen LogP) is 3.01. The molecule has 0 fully saturated rings. The van der Waals surface area contributed by atoms with Crippen LogP contribution in [0, 0.1) is 11.6 Å². The quantitative estimate of drug-likeness (QED) is 0.906. The van der Waals surface area contributed by atoms with Gasteiger partial charge in [-0.1, -0.05) is 0 Å². The molecule has 1 unspecified atom stereocenters. The highest BCUT2D eigenvalue weighted by atomic mass is 19.1. The fraction of sp³-hybridized carbons (Fsp3) is 0.312. The maximum atomic E-state index is 13.9. The molecule has 0 aliphatic carbocycles. The number of nitrogens with zero attached hydrogens (tertiary/aromatic N) is 1. The van der Waals surface area contributed by atoms with Crippen LogP contribution < -0.4 is 0 Å². The van der Waals surface area contributed by atoms with Gasteiger partial charge in [0.15, 0.2) is 0 Å². The molecule has 0 aliphatic heterocycles. The van der Waals surface area contributed by atoms with Crippen molar-refractivity contribution in [1.82, 2.24) is 4.57 Å². The predicted molar refractivity (Wildman–Crippen MR) is 78.2 cm³/mol. The van der Waals surface area contributed by atoms with Crippen molar-refractivity contribution in [3.8, 4) is 5.88 Å². The summed E-state index contributed by atoms with van der Waals surface area (Å²) >= 11 is 0. The monoisotopic (exact) mass is 325 g/mol. The van der Waals surface area contributed by atoms with Gasteiger partial charge in [-0.25, -0.2) is 18.1 Å². The number of aliphatic hydroxyl groups excluding tert-OH is 1. The SMILES string of the molecule is CC(C)(OC(=O)n1cccc1O)C(CO)c1cc(F)ccc1F. The summed E-state index contributed by atoms with van der Waals surface area (Å²) in [4.78, 5) is 12.1. The Morgan fingerprint density at radius 1 is 1.35 bits per heavy atom. The van der Waals surface area contributed by atoms with Gasteiger partial charge in [0.1, 0.15) is 17.2 Å². The van der Waals surface area contributed by atoms with Crippen LogP contribution in [0.2, 0.25) is 0 Å². The number of aromatic nitrogens is 1. The van der Waals surface area contributed by atoms with E-state index in [4.69, 9.17) is 4.74 Å². The van der Waals surface area contributed by atoms with Crippen LogP contribution in [0.25, 0.3) is 0 Å². The molecule has 124 valence electrons. The molecular formula is C16H17F2NO4. The van der Waals surface area contributed by atoms with Crippen LogP contribution in [0.1, 0.15) is 25.3 Å². The van der Waals surface area contributed by atoms with E-state index in [2.05, 4.69) is 0 Å². The topological polar surface area (TPSA) is 71.7 Å². The van der Waals surface area contributed by atoms with Crippen molar-refractivity contribution in [2.45, 2.75) is 25.4 Å². The van der Waals surface area contributed by atoms with Crippen molar-refractivity contribution < 1.29 is 28.5 Å². The lowest BCUT2D eigenvalue weighted by Gasteiger charge is -2.33. The highest BCUT2D eigenvalue weighted by molar-refractivity contribution is 5.73. The first-order valence-electron chi connectivity index (χ1n) is 6.91. The summed E-state index contributed by atoms with van der Waals surface area (Å²) in [5, 5.41) is 19.1. The first-order valence-corrected chi connectivity index (χ1v) is 6.91. The zero-order chi connectivity index (χ0) is 17.2. The van der Waals surface area contributed by atoms with Crippen molar-refractivity contribution in [1.29, 1.82) is 0 Å². The Hall–Kier alpha value is -2.41. The molecule has 0 saturated carbocycles. The maximum Gasteiger partial charge on any atom is 0.421 e. The lowest BCUT2D eigenvalue weighted by Crippen LogP contribution is -2.38. The van der Waals surface area contributed by atoms with Gasteiger partial charge in [-0.3, -0.25) is 0 Å². The second-order valence-electron chi connectivity index (χ2n) is 5.61. The van der Waals surface area contributed by atoms with Gasteiger partial charge in [-0.15, -0.1) is 0 Å². The standard InChI is InChI=1S/C16H17F2NO4/c1-16(2,23-15(22)19-7-3-4-14(19)21)12(9-20)11-8-10(17)5-6-13(11)18/h3-8,12,20-21H,9H2,1-2H3. The Kier molecular flexibility index (Phi) is 4.70. The first-order chi connectivity index (χ1) is 10.8. The molecule has 2 N–H and O–H groups in total. The van der Waals surface area contributed by atoms with Crippen LogP contribution in [0.15, 0.2) is 36.5 Å². The molecule has 1 heterocycles. The number of benzene rings is 1. The summed E-state index contributed by atoms with van der Waals surface area (Å²) in [5.74, 6) is -2.67. The maximum absolute atomic E-state index is 13.9. The first kappa shape index (κ1) is 17.0. The van der Waals surface area contributed by atoms with Crippen LogP contribution in [0.4, 0.5) is 13.6 Å². The van der Waals surface area contributed by atoms with E-state index in [0.717, 1.165) is 22.8 Å². The van der Waals surface area contributed by atoms with Crippen molar-refractivity contribution in [2.75, 3.05) is 6.61 Å². The molecule has 1 aromatic carbocycles. The molecule has 7 heteroatoms. The van der Waals surface area contributed by atoms with Gasteiger partial charge in [0.05, 0.1) is 6.61 Å². The normalized spacial score (nSPS) is 12.9. The summed E-state index contributed by atoms with van der Waals surface area (Å²) in [6.07, 6.45) is 0.401. The van der Waals surface area contributed by atoms with E-state index in [9.17, 15) is 23.8 Å². The lowest BCUT2D eigenvalue weighted by molar-refractivity contribution is 0.00213. The van der Waals surface area contributed by atoms with Crippen LogP contribution in [0.5, 0.6) is 5.88 Å². The lowest BCUT2D eigenvalue weighted by atomic mass is 9.84. The molecule has 0 saturated heterocycles. The number of halogens is 2. The number of carbonyl (C=O) groups is 1. The van der Waals surface area contributed by atoms with E-state index >= 15 is 0 Å². The molecule has 23 heavy (non-hydrogen) atoms. The van der Waals surface area contributed by atoms with Crippen molar-refractivity contribution in [3.05, 3.63) is 53.7 Å². The fourth-order valence-electron chi connectivity index (χ4n) is 2.35. The zero-order valence-electron chi connectivity index (χ0n) is 12.7. The highest BCUT2D eigenvalue weighted by Crippen LogP contribution is 2.33. The van der Waals surface area contributed by atoms with Gasteiger partial charge in [0.25, 0.3) is 0 Å². The molecule has 0 bridgehead atoms. The number of aromatic hydroxyl groups is 1. The molecule has 5 nitrogen and oxygen atoms in total. The third kappa shape index (κ3) is 3.50. The second kappa shape index (κ2) is 6.37. The largest absolute Gasteiger partial charge is 0.494 e. The number of hydrogen-bond donors (Lipinski definition) is 2. The fourth-order valence-corrected chi connectivity index (χ4v) is 2.35. The van der Waals surface area contributed by atoms with Crippen LogP contribution in [0.3, 0.4) is 0 Å².